The second kappa shape index (κ2) is 8.94. The van der Waals surface area contributed by atoms with E-state index in [2.05, 4.69) is 46.5 Å². The quantitative estimate of drug-likeness (QED) is 0.624. The number of para-hydroxylation sites is 2. The highest BCUT2D eigenvalue weighted by Crippen LogP contribution is 2.27. The second-order valence-electron chi connectivity index (χ2n) is 6.57. The molecular weight excluding hydrogens is 344 g/mol. The van der Waals surface area contributed by atoms with Gasteiger partial charge in [-0.3, -0.25) is 4.99 Å². The summed E-state index contributed by atoms with van der Waals surface area (Å²) in [6.45, 7) is 9.55. The maximum atomic E-state index is 10.1. The number of thiophene rings is 1. The van der Waals surface area contributed by atoms with Crippen LogP contribution in [-0.2, 0) is 0 Å². The Kier molecular flexibility index (Phi) is 6.39. The van der Waals surface area contributed by atoms with Crippen molar-refractivity contribution in [3.05, 3.63) is 46.7 Å². The number of aromatic hydroxyl groups is 1. The summed E-state index contributed by atoms with van der Waals surface area (Å²) in [5.74, 6) is 1.78. The summed E-state index contributed by atoms with van der Waals surface area (Å²) in [4.78, 5) is 10.8. The number of nitrogens with one attached hydrogen (secondary N) is 1. The van der Waals surface area contributed by atoms with Gasteiger partial charge in [0.25, 0.3) is 0 Å². The zero-order chi connectivity index (χ0) is 18.4. The zero-order valence-electron chi connectivity index (χ0n) is 15.6. The van der Waals surface area contributed by atoms with E-state index >= 15 is 0 Å². The molecule has 1 fully saturated rings. The fourth-order valence-electron chi connectivity index (χ4n) is 3.20. The van der Waals surface area contributed by atoms with Crippen LogP contribution in [0, 0.1) is 0 Å². The molecule has 5 nitrogen and oxygen atoms in total. The van der Waals surface area contributed by atoms with Gasteiger partial charge in [0, 0.05) is 43.5 Å². The highest BCUT2D eigenvalue weighted by Gasteiger charge is 2.21. The number of phenols is 1. The molecule has 0 bridgehead atoms. The minimum atomic E-state index is 0.353. The average molecular weight is 373 g/mol. The van der Waals surface area contributed by atoms with Crippen LogP contribution in [0.4, 0.5) is 5.69 Å². The third-order valence-electron chi connectivity index (χ3n) is 4.68. The molecule has 1 aromatic carbocycles. The first-order valence-electron chi connectivity index (χ1n) is 9.28. The topological polar surface area (TPSA) is 51.1 Å². The van der Waals surface area contributed by atoms with E-state index < -0.39 is 0 Å². The Balaban J connectivity index is 1.61. The van der Waals surface area contributed by atoms with E-state index in [4.69, 9.17) is 4.99 Å². The molecule has 1 aromatic heterocycles. The molecule has 2 heterocycles. The standard InChI is InChI=1S/C20H28N4OS/c1-3-21-20(22-15-16(2)19-9-6-14-26-19)24-12-10-23(11-13-24)17-7-4-5-8-18(17)25/h4-9,14,16,25H,3,10-13,15H2,1-2H3,(H,21,22). The van der Waals surface area contributed by atoms with Gasteiger partial charge in [-0.1, -0.05) is 25.1 Å². The normalized spacial score (nSPS) is 16.6. The molecular formula is C20H28N4OS. The molecule has 0 radical (unpaired) electrons. The average Bonchev–Trinajstić information content (AvgIpc) is 3.20. The summed E-state index contributed by atoms with van der Waals surface area (Å²) in [5.41, 5.74) is 0.917. The van der Waals surface area contributed by atoms with Gasteiger partial charge in [-0.05, 0) is 30.5 Å². The third kappa shape index (κ3) is 4.49. The first-order chi connectivity index (χ1) is 12.7. The molecule has 1 atom stereocenters. The Hall–Kier alpha value is -2.21. The number of rotatable bonds is 5. The van der Waals surface area contributed by atoms with Crippen molar-refractivity contribution in [3.63, 3.8) is 0 Å². The molecule has 3 rings (SSSR count). The van der Waals surface area contributed by atoms with Crippen LogP contribution >= 0.6 is 11.3 Å². The number of hydrogen-bond donors (Lipinski definition) is 2. The SMILES string of the molecule is CCNC(=NCC(C)c1cccs1)N1CCN(c2ccccc2O)CC1. The van der Waals surface area contributed by atoms with Crippen LogP contribution in [0.2, 0.25) is 0 Å². The van der Waals surface area contributed by atoms with E-state index in [1.54, 1.807) is 17.4 Å². The number of nitrogens with zero attached hydrogens (tertiary/aromatic N) is 3. The maximum Gasteiger partial charge on any atom is 0.194 e. The number of anilines is 1. The van der Waals surface area contributed by atoms with Crippen molar-refractivity contribution in [2.45, 2.75) is 19.8 Å². The number of phenolic OH excluding ortho intramolecular Hbond substituents is 1. The number of aliphatic imine (C=N–C) groups is 1. The van der Waals surface area contributed by atoms with Crippen molar-refractivity contribution in [2.24, 2.45) is 4.99 Å². The number of guanidine groups is 1. The predicted octanol–water partition coefficient (Wildman–Crippen LogP) is 3.34. The van der Waals surface area contributed by atoms with Crippen LogP contribution in [0.3, 0.4) is 0 Å². The van der Waals surface area contributed by atoms with Crippen LogP contribution in [0.1, 0.15) is 24.6 Å². The fraction of sp³-hybridized carbons (Fsp3) is 0.450. The van der Waals surface area contributed by atoms with E-state index in [0.717, 1.165) is 50.9 Å². The largest absolute Gasteiger partial charge is 0.506 e. The Morgan fingerprint density at radius 1 is 1.19 bits per heavy atom. The maximum absolute atomic E-state index is 10.1. The van der Waals surface area contributed by atoms with E-state index in [9.17, 15) is 5.11 Å². The molecule has 0 aliphatic carbocycles. The summed E-state index contributed by atoms with van der Waals surface area (Å²) >= 11 is 1.80. The predicted molar refractivity (Wildman–Crippen MR) is 111 cm³/mol. The van der Waals surface area contributed by atoms with E-state index in [-0.39, 0.29) is 0 Å². The summed E-state index contributed by atoms with van der Waals surface area (Å²) in [5, 5.41) is 15.6. The van der Waals surface area contributed by atoms with Crippen LogP contribution in [-0.4, -0.2) is 55.2 Å². The molecule has 0 amide bonds. The van der Waals surface area contributed by atoms with Gasteiger partial charge in [-0.25, -0.2) is 0 Å². The first kappa shape index (κ1) is 18.6. The molecule has 1 saturated heterocycles. The number of hydrogen-bond acceptors (Lipinski definition) is 4. The van der Waals surface area contributed by atoms with Gasteiger partial charge in [0.05, 0.1) is 12.2 Å². The molecule has 0 saturated carbocycles. The second-order valence-corrected chi connectivity index (χ2v) is 7.55. The first-order valence-corrected chi connectivity index (χ1v) is 10.2. The molecule has 6 heteroatoms. The Labute approximate surface area is 160 Å². The van der Waals surface area contributed by atoms with Crippen molar-refractivity contribution in [2.75, 3.05) is 44.2 Å². The summed E-state index contributed by atoms with van der Waals surface area (Å²) in [6, 6.07) is 11.8. The van der Waals surface area contributed by atoms with Crippen molar-refractivity contribution < 1.29 is 5.11 Å². The van der Waals surface area contributed by atoms with Crippen LogP contribution in [0.25, 0.3) is 0 Å². The lowest BCUT2D eigenvalue weighted by atomic mass is 10.1. The van der Waals surface area contributed by atoms with Gasteiger partial charge in [-0.2, -0.15) is 0 Å². The van der Waals surface area contributed by atoms with Gasteiger partial charge in [0.1, 0.15) is 5.75 Å². The molecule has 2 aromatic rings. The van der Waals surface area contributed by atoms with Gasteiger partial charge >= 0.3 is 0 Å². The highest BCUT2D eigenvalue weighted by molar-refractivity contribution is 7.10. The Bertz CT molecular complexity index is 708. The summed E-state index contributed by atoms with van der Waals surface area (Å²) in [6.07, 6.45) is 0. The van der Waals surface area contributed by atoms with E-state index in [0.29, 0.717) is 11.7 Å². The lowest BCUT2D eigenvalue weighted by Gasteiger charge is -2.38. The fourth-order valence-corrected chi connectivity index (χ4v) is 3.98. The van der Waals surface area contributed by atoms with Crippen molar-refractivity contribution in [1.82, 2.24) is 10.2 Å². The summed E-state index contributed by atoms with van der Waals surface area (Å²) in [7, 11) is 0. The Morgan fingerprint density at radius 3 is 2.62 bits per heavy atom. The zero-order valence-corrected chi connectivity index (χ0v) is 16.4. The van der Waals surface area contributed by atoms with Crippen molar-refractivity contribution in [1.29, 1.82) is 0 Å². The monoisotopic (exact) mass is 372 g/mol. The van der Waals surface area contributed by atoms with Gasteiger partial charge < -0.3 is 20.2 Å². The molecule has 1 unspecified atom stereocenters. The third-order valence-corrected chi connectivity index (χ3v) is 5.78. The lowest BCUT2D eigenvalue weighted by molar-refractivity contribution is 0.369. The van der Waals surface area contributed by atoms with Gasteiger partial charge in [0.2, 0.25) is 0 Å². The van der Waals surface area contributed by atoms with E-state index in [1.807, 2.05) is 18.2 Å². The molecule has 2 N–H and O–H groups in total. The van der Waals surface area contributed by atoms with Crippen LogP contribution < -0.4 is 10.2 Å². The minimum Gasteiger partial charge on any atom is -0.506 e. The van der Waals surface area contributed by atoms with E-state index in [1.165, 1.54) is 4.88 Å². The van der Waals surface area contributed by atoms with Gasteiger partial charge in [-0.15, -0.1) is 11.3 Å². The smallest absolute Gasteiger partial charge is 0.194 e. The molecule has 140 valence electrons. The lowest BCUT2D eigenvalue weighted by Crippen LogP contribution is -2.52. The van der Waals surface area contributed by atoms with Crippen molar-refractivity contribution >= 4 is 23.0 Å². The highest BCUT2D eigenvalue weighted by atomic mass is 32.1. The number of benzene rings is 1. The van der Waals surface area contributed by atoms with Crippen molar-refractivity contribution in [3.8, 4) is 5.75 Å². The van der Waals surface area contributed by atoms with Gasteiger partial charge in [0.15, 0.2) is 5.96 Å². The summed E-state index contributed by atoms with van der Waals surface area (Å²) < 4.78 is 0. The minimum absolute atomic E-state index is 0.353. The molecule has 26 heavy (non-hydrogen) atoms. The molecule has 1 aliphatic rings. The Morgan fingerprint density at radius 2 is 1.96 bits per heavy atom. The number of piperazine rings is 1. The molecule has 0 spiro atoms. The van der Waals surface area contributed by atoms with Crippen LogP contribution in [0.5, 0.6) is 5.75 Å². The van der Waals surface area contributed by atoms with Crippen LogP contribution in [0.15, 0.2) is 46.8 Å². The molecule has 1 aliphatic heterocycles.